The lowest BCUT2D eigenvalue weighted by molar-refractivity contribution is 0.0393. The van der Waals surface area contributed by atoms with Crippen molar-refractivity contribution >= 4 is 6.09 Å². The molecule has 0 bridgehead atoms. The topological polar surface area (TPSA) is 29.5 Å². The molecular formula is C8H13NO2. The van der Waals surface area contributed by atoms with Crippen LogP contribution in [-0.4, -0.2) is 23.6 Å². The van der Waals surface area contributed by atoms with Gasteiger partial charge in [0.15, 0.2) is 0 Å². The van der Waals surface area contributed by atoms with Gasteiger partial charge in [-0.25, -0.2) is 4.79 Å². The van der Waals surface area contributed by atoms with Gasteiger partial charge in [0.2, 0.25) is 0 Å². The Hall–Kier alpha value is -0.990. The highest BCUT2D eigenvalue weighted by molar-refractivity contribution is 5.70. The number of rotatable bonds is 1. The first-order chi connectivity index (χ1) is 5.16. The largest absolute Gasteiger partial charge is 0.449 e. The third kappa shape index (κ3) is 1.37. The number of hydrogen-bond acceptors (Lipinski definition) is 2. The Balaban J connectivity index is 2.70. The summed E-state index contributed by atoms with van der Waals surface area (Å²) >= 11 is 0. The van der Waals surface area contributed by atoms with Crippen molar-refractivity contribution in [2.75, 3.05) is 6.61 Å². The first-order valence-corrected chi connectivity index (χ1v) is 3.74. The molecule has 1 rings (SSSR count). The number of hydrogen-bond donors (Lipinski definition) is 0. The summed E-state index contributed by atoms with van der Waals surface area (Å²) < 4.78 is 4.88. The molecule has 1 aliphatic heterocycles. The Morgan fingerprint density at radius 3 is 2.82 bits per heavy atom. The van der Waals surface area contributed by atoms with Gasteiger partial charge in [-0.05, 0) is 6.92 Å². The van der Waals surface area contributed by atoms with E-state index in [1.807, 2.05) is 13.8 Å². The van der Waals surface area contributed by atoms with Gasteiger partial charge in [-0.3, -0.25) is 4.90 Å². The summed E-state index contributed by atoms with van der Waals surface area (Å²) in [7, 11) is 0. The second kappa shape index (κ2) is 2.95. The van der Waals surface area contributed by atoms with Crippen LogP contribution >= 0.6 is 0 Å². The van der Waals surface area contributed by atoms with Crippen molar-refractivity contribution in [3.8, 4) is 0 Å². The number of amides is 1. The molecule has 0 N–H and O–H groups in total. The maximum atomic E-state index is 11.0. The Morgan fingerprint density at radius 2 is 2.36 bits per heavy atom. The summed E-state index contributed by atoms with van der Waals surface area (Å²) in [5, 5.41) is 0. The Labute approximate surface area is 66.6 Å². The number of carbonyl (C=O) groups is 1. The van der Waals surface area contributed by atoms with E-state index in [9.17, 15) is 4.79 Å². The molecule has 3 nitrogen and oxygen atoms in total. The highest BCUT2D eigenvalue weighted by Gasteiger charge is 2.29. The summed E-state index contributed by atoms with van der Waals surface area (Å²) in [4.78, 5) is 12.5. The number of carbonyl (C=O) groups excluding carboxylic acids is 1. The number of ether oxygens (including phenoxy) is 1. The van der Waals surface area contributed by atoms with Crippen LogP contribution in [0.25, 0.3) is 0 Å². The van der Waals surface area contributed by atoms with Crippen molar-refractivity contribution in [2.24, 2.45) is 5.92 Å². The van der Waals surface area contributed by atoms with Crippen molar-refractivity contribution in [1.82, 2.24) is 4.90 Å². The van der Waals surface area contributed by atoms with Gasteiger partial charge in [0.25, 0.3) is 0 Å². The van der Waals surface area contributed by atoms with Crippen LogP contribution in [0.2, 0.25) is 0 Å². The van der Waals surface area contributed by atoms with Gasteiger partial charge >= 0.3 is 6.09 Å². The van der Waals surface area contributed by atoms with Crippen LogP contribution in [0.5, 0.6) is 0 Å². The van der Waals surface area contributed by atoms with Crippen LogP contribution < -0.4 is 0 Å². The van der Waals surface area contributed by atoms with Crippen LogP contribution in [0.4, 0.5) is 4.79 Å². The summed E-state index contributed by atoms with van der Waals surface area (Å²) in [6.45, 7) is 8.10. The maximum Gasteiger partial charge on any atom is 0.414 e. The van der Waals surface area contributed by atoms with Crippen molar-refractivity contribution in [2.45, 2.75) is 19.9 Å². The molecule has 0 spiro atoms. The van der Waals surface area contributed by atoms with Crippen molar-refractivity contribution < 1.29 is 9.53 Å². The minimum Gasteiger partial charge on any atom is -0.449 e. The van der Waals surface area contributed by atoms with E-state index in [0.717, 1.165) is 0 Å². The van der Waals surface area contributed by atoms with E-state index in [-0.39, 0.29) is 12.1 Å². The van der Waals surface area contributed by atoms with Crippen LogP contribution in [0.1, 0.15) is 13.8 Å². The van der Waals surface area contributed by atoms with Crippen molar-refractivity contribution in [3.63, 3.8) is 0 Å². The van der Waals surface area contributed by atoms with Gasteiger partial charge < -0.3 is 4.74 Å². The lowest BCUT2D eigenvalue weighted by Crippen LogP contribution is -2.45. The summed E-state index contributed by atoms with van der Waals surface area (Å²) in [5.41, 5.74) is 0. The highest BCUT2D eigenvalue weighted by atomic mass is 16.6. The lowest BCUT2D eigenvalue weighted by atomic mass is 10.0. The molecule has 2 atom stereocenters. The van der Waals surface area contributed by atoms with Gasteiger partial charge in [-0.15, -0.1) is 0 Å². The molecule has 1 heterocycles. The molecule has 0 aromatic heterocycles. The van der Waals surface area contributed by atoms with Gasteiger partial charge in [-0.1, -0.05) is 13.5 Å². The van der Waals surface area contributed by atoms with E-state index >= 15 is 0 Å². The van der Waals surface area contributed by atoms with E-state index in [4.69, 9.17) is 4.74 Å². The zero-order valence-electron chi connectivity index (χ0n) is 6.91. The molecule has 1 amide bonds. The second-order valence-corrected chi connectivity index (χ2v) is 2.88. The van der Waals surface area contributed by atoms with Crippen LogP contribution in [0.15, 0.2) is 12.8 Å². The fraction of sp³-hybridized carbons (Fsp3) is 0.625. The first-order valence-electron chi connectivity index (χ1n) is 3.74. The highest BCUT2D eigenvalue weighted by Crippen LogP contribution is 2.18. The minimum atomic E-state index is -0.286. The minimum absolute atomic E-state index is 0.203. The Bertz CT molecular complexity index is 179. The molecule has 11 heavy (non-hydrogen) atoms. The third-order valence-electron chi connectivity index (χ3n) is 2.14. The van der Waals surface area contributed by atoms with Gasteiger partial charge in [-0.2, -0.15) is 0 Å². The standard InChI is InChI=1S/C8H13NO2/c1-4-9-7(3)6(2)5-11-8(9)10/h4,6-7H,1,5H2,2-3H3/t6-,7-/m1/s1. The lowest BCUT2D eigenvalue weighted by Gasteiger charge is -2.34. The second-order valence-electron chi connectivity index (χ2n) is 2.88. The molecule has 0 unspecified atom stereocenters. The van der Waals surface area contributed by atoms with E-state index in [1.165, 1.54) is 11.1 Å². The van der Waals surface area contributed by atoms with E-state index in [1.54, 1.807) is 0 Å². The Kier molecular flexibility index (Phi) is 2.17. The van der Waals surface area contributed by atoms with Crippen molar-refractivity contribution in [1.29, 1.82) is 0 Å². The molecule has 1 aliphatic rings. The molecule has 62 valence electrons. The van der Waals surface area contributed by atoms with Crippen molar-refractivity contribution in [3.05, 3.63) is 12.8 Å². The first kappa shape index (κ1) is 8.11. The van der Waals surface area contributed by atoms with Gasteiger partial charge in [0.05, 0.1) is 6.61 Å². The zero-order chi connectivity index (χ0) is 8.43. The van der Waals surface area contributed by atoms with Crippen LogP contribution in [0.3, 0.4) is 0 Å². The summed E-state index contributed by atoms with van der Waals surface area (Å²) in [6.07, 6.45) is 1.23. The molecule has 0 saturated carbocycles. The molecule has 0 radical (unpaired) electrons. The SMILES string of the molecule is C=CN1C(=O)OC[C@@H](C)[C@H]1C. The monoisotopic (exact) mass is 155 g/mol. The number of cyclic esters (lactones) is 1. The molecule has 3 heteroatoms. The van der Waals surface area contributed by atoms with Crippen LogP contribution in [0, 0.1) is 5.92 Å². The van der Waals surface area contributed by atoms with E-state index < -0.39 is 0 Å². The molecule has 1 saturated heterocycles. The van der Waals surface area contributed by atoms with E-state index in [2.05, 4.69) is 6.58 Å². The average molecular weight is 155 g/mol. The molecule has 1 fully saturated rings. The van der Waals surface area contributed by atoms with Crippen LogP contribution in [-0.2, 0) is 4.74 Å². The predicted octanol–water partition coefficient (Wildman–Crippen LogP) is 1.61. The fourth-order valence-electron chi connectivity index (χ4n) is 1.10. The summed E-state index contributed by atoms with van der Waals surface area (Å²) in [5.74, 6) is 0.380. The fourth-order valence-corrected chi connectivity index (χ4v) is 1.10. The summed E-state index contributed by atoms with van der Waals surface area (Å²) in [6, 6.07) is 0.203. The maximum absolute atomic E-state index is 11.0. The normalized spacial score (nSPS) is 31.5. The van der Waals surface area contributed by atoms with Gasteiger partial charge in [0.1, 0.15) is 0 Å². The molecule has 0 aromatic carbocycles. The molecule has 0 aromatic rings. The molecule has 0 aliphatic carbocycles. The number of nitrogens with zero attached hydrogens (tertiary/aromatic N) is 1. The van der Waals surface area contributed by atoms with Gasteiger partial charge in [0, 0.05) is 18.2 Å². The quantitative estimate of drug-likeness (QED) is 0.575. The molecular weight excluding hydrogens is 142 g/mol. The smallest absolute Gasteiger partial charge is 0.414 e. The average Bonchev–Trinajstić information content (AvgIpc) is 1.99. The predicted molar refractivity (Wildman–Crippen MR) is 42.0 cm³/mol. The Morgan fingerprint density at radius 1 is 1.73 bits per heavy atom. The zero-order valence-corrected chi connectivity index (χ0v) is 6.91. The third-order valence-corrected chi connectivity index (χ3v) is 2.14. The van der Waals surface area contributed by atoms with E-state index in [0.29, 0.717) is 12.5 Å².